The fourth-order valence-corrected chi connectivity index (χ4v) is 6.28. The molecule has 1 fully saturated rings. The topological polar surface area (TPSA) is 31.4 Å². The molecule has 0 atom stereocenters. The Bertz CT molecular complexity index is 1740. The minimum absolute atomic E-state index is 0.177. The van der Waals surface area contributed by atoms with Crippen LogP contribution in [0.5, 0.6) is 0 Å². The Hall–Kier alpha value is -3.47. The highest BCUT2D eigenvalue weighted by Crippen LogP contribution is 2.53. The van der Waals surface area contributed by atoms with Gasteiger partial charge in [0.15, 0.2) is 0 Å². The highest BCUT2D eigenvalue weighted by atomic mass is 16.7. The molecular weight excluding hydrogens is 465 g/mol. The summed E-state index contributed by atoms with van der Waals surface area (Å²) in [4.78, 5) is 5.30. The lowest BCUT2D eigenvalue weighted by Crippen LogP contribution is -2.41. The first-order chi connectivity index (χ1) is 18.1. The third-order valence-corrected chi connectivity index (χ3v) is 9.08. The van der Waals surface area contributed by atoms with Gasteiger partial charge in [0.2, 0.25) is 0 Å². The molecular formula is C34H32BNO2. The van der Waals surface area contributed by atoms with Gasteiger partial charge in [0.05, 0.1) is 22.4 Å². The van der Waals surface area contributed by atoms with Crippen molar-refractivity contribution < 1.29 is 9.31 Å². The van der Waals surface area contributed by atoms with Crippen LogP contribution in [0.3, 0.4) is 0 Å². The van der Waals surface area contributed by atoms with Crippen LogP contribution in [-0.4, -0.2) is 23.3 Å². The molecule has 5 aromatic rings. The van der Waals surface area contributed by atoms with E-state index in [0.717, 1.165) is 16.7 Å². The fraction of sp³-hybridized carbons (Fsp3) is 0.265. The molecule has 38 heavy (non-hydrogen) atoms. The zero-order valence-corrected chi connectivity index (χ0v) is 22.9. The quantitative estimate of drug-likeness (QED) is 0.185. The number of fused-ring (bicyclic) bond motifs is 6. The largest absolute Gasteiger partial charge is 0.494 e. The van der Waals surface area contributed by atoms with Crippen LogP contribution in [0.1, 0.15) is 52.7 Å². The van der Waals surface area contributed by atoms with Crippen LogP contribution < -0.4 is 5.46 Å². The monoisotopic (exact) mass is 497 g/mol. The average Bonchev–Trinajstić information content (AvgIpc) is 3.27. The molecule has 3 nitrogen and oxygen atoms in total. The summed E-state index contributed by atoms with van der Waals surface area (Å²) in [6.07, 6.45) is 0. The third-order valence-electron chi connectivity index (χ3n) is 9.08. The van der Waals surface area contributed by atoms with Gasteiger partial charge in [-0.25, -0.2) is 4.98 Å². The molecule has 0 amide bonds. The summed E-state index contributed by atoms with van der Waals surface area (Å²) >= 11 is 0. The second kappa shape index (κ2) is 7.78. The molecule has 4 aromatic carbocycles. The van der Waals surface area contributed by atoms with E-state index < -0.39 is 0 Å². The van der Waals surface area contributed by atoms with E-state index in [1.807, 2.05) is 0 Å². The number of benzene rings is 4. The predicted molar refractivity (Wildman–Crippen MR) is 158 cm³/mol. The van der Waals surface area contributed by atoms with Gasteiger partial charge < -0.3 is 9.31 Å². The maximum absolute atomic E-state index is 6.34. The Morgan fingerprint density at radius 2 is 1.34 bits per heavy atom. The van der Waals surface area contributed by atoms with Gasteiger partial charge in [0.25, 0.3) is 0 Å². The summed E-state index contributed by atoms with van der Waals surface area (Å²) < 4.78 is 12.7. The highest BCUT2D eigenvalue weighted by Gasteiger charge is 2.51. The van der Waals surface area contributed by atoms with E-state index in [1.165, 1.54) is 44.0 Å². The van der Waals surface area contributed by atoms with Crippen LogP contribution >= 0.6 is 0 Å². The van der Waals surface area contributed by atoms with Crippen molar-refractivity contribution in [3.63, 3.8) is 0 Å². The van der Waals surface area contributed by atoms with E-state index in [-0.39, 0.29) is 23.7 Å². The summed E-state index contributed by atoms with van der Waals surface area (Å²) in [6, 6.07) is 30.5. The lowest BCUT2D eigenvalue weighted by atomic mass is 9.76. The van der Waals surface area contributed by atoms with Gasteiger partial charge in [0.1, 0.15) is 0 Å². The molecule has 1 saturated heterocycles. The Morgan fingerprint density at radius 3 is 2.08 bits per heavy atom. The zero-order chi connectivity index (χ0) is 26.4. The molecule has 0 saturated carbocycles. The first-order valence-electron chi connectivity index (χ1n) is 13.5. The van der Waals surface area contributed by atoms with E-state index in [9.17, 15) is 0 Å². The normalized spacial score (nSPS) is 18.6. The Morgan fingerprint density at radius 1 is 0.684 bits per heavy atom. The minimum atomic E-state index is -0.379. The van der Waals surface area contributed by atoms with E-state index in [2.05, 4.69) is 126 Å². The predicted octanol–water partition coefficient (Wildman–Crippen LogP) is 7.66. The molecule has 188 valence electrons. The van der Waals surface area contributed by atoms with Crippen molar-refractivity contribution in [2.45, 2.75) is 58.2 Å². The standard InChI is InChI=1S/C34H32BNO2/c1-32(2)26-14-10-9-13-25(26)31-30(32)28(29-24-12-8-7-11-21(24)17-20-27(29)36-31)22-15-18-23(19-16-22)35-37-33(3,4)34(5,6)38-35/h7-20H,1-6H3. The molecule has 1 aliphatic heterocycles. The number of hydrogen-bond donors (Lipinski definition) is 0. The molecule has 0 spiro atoms. The van der Waals surface area contributed by atoms with Crippen molar-refractivity contribution in [3.05, 3.63) is 96.1 Å². The van der Waals surface area contributed by atoms with Gasteiger partial charge in [-0.1, -0.05) is 92.7 Å². The zero-order valence-electron chi connectivity index (χ0n) is 22.9. The average molecular weight is 497 g/mol. The molecule has 1 aliphatic carbocycles. The van der Waals surface area contributed by atoms with Gasteiger partial charge in [0, 0.05) is 16.4 Å². The van der Waals surface area contributed by atoms with Crippen molar-refractivity contribution in [2.24, 2.45) is 0 Å². The lowest BCUT2D eigenvalue weighted by molar-refractivity contribution is 0.00578. The summed E-state index contributed by atoms with van der Waals surface area (Å²) in [5, 5.41) is 3.67. The van der Waals surface area contributed by atoms with Crippen molar-refractivity contribution in [2.75, 3.05) is 0 Å². The molecule has 0 radical (unpaired) electrons. The van der Waals surface area contributed by atoms with Crippen molar-refractivity contribution in [1.82, 2.24) is 4.98 Å². The van der Waals surface area contributed by atoms with Crippen molar-refractivity contribution >= 4 is 34.3 Å². The Balaban J connectivity index is 1.49. The number of pyridine rings is 1. The van der Waals surface area contributed by atoms with Crippen LogP contribution in [-0.2, 0) is 14.7 Å². The second-order valence-electron chi connectivity index (χ2n) is 12.3. The van der Waals surface area contributed by atoms with Crippen LogP contribution in [0, 0.1) is 0 Å². The van der Waals surface area contributed by atoms with Crippen molar-refractivity contribution in [3.8, 4) is 22.4 Å². The molecule has 0 N–H and O–H groups in total. The minimum Gasteiger partial charge on any atom is -0.399 e. The van der Waals surface area contributed by atoms with Gasteiger partial charge in [-0.2, -0.15) is 0 Å². The maximum atomic E-state index is 6.34. The van der Waals surface area contributed by atoms with E-state index in [0.29, 0.717) is 0 Å². The summed E-state index contributed by atoms with van der Waals surface area (Å²) in [5.41, 5.74) is 8.56. The highest BCUT2D eigenvalue weighted by molar-refractivity contribution is 6.62. The lowest BCUT2D eigenvalue weighted by Gasteiger charge is -2.32. The van der Waals surface area contributed by atoms with Crippen LogP contribution in [0.2, 0.25) is 0 Å². The molecule has 7 rings (SSSR count). The van der Waals surface area contributed by atoms with E-state index in [1.54, 1.807) is 0 Å². The van der Waals surface area contributed by atoms with Gasteiger partial charge in [-0.15, -0.1) is 0 Å². The van der Waals surface area contributed by atoms with Crippen LogP contribution in [0.4, 0.5) is 0 Å². The number of nitrogens with zero attached hydrogens (tertiary/aromatic N) is 1. The van der Waals surface area contributed by atoms with Crippen LogP contribution in [0.25, 0.3) is 44.1 Å². The van der Waals surface area contributed by atoms with Gasteiger partial charge in [-0.05, 0) is 72.3 Å². The first-order valence-corrected chi connectivity index (χ1v) is 13.5. The first kappa shape index (κ1) is 23.6. The van der Waals surface area contributed by atoms with Gasteiger partial charge >= 0.3 is 7.12 Å². The third kappa shape index (κ3) is 3.20. The Kier molecular flexibility index (Phi) is 4.84. The second-order valence-corrected chi connectivity index (χ2v) is 12.3. The maximum Gasteiger partial charge on any atom is 0.494 e. The van der Waals surface area contributed by atoms with Crippen molar-refractivity contribution in [1.29, 1.82) is 0 Å². The number of hydrogen-bond acceptors (Lipinski definition) is 3. The SMILES string of the molecule is CC1(C)c2ccccc2-c2nc3ccc4ccccc4c3c(-c3ccc(B4OC(C)(C)C(C)(C)O4)cc3)c21. The number of rotatable bonds is 2. The molecule has 0 unspecified atom stereocenters. The van der Waals surface area contributed by atoms with E-state index in [4.69, 9.17) is 14.3 Å². The van der Waals surface area contributed by atoms with Gasteiger partial charge in [-0.3, -0.25) is 0 Å². The Labute approximate surface area is 225 Å². The van der Waals surface area contributed by atoms with E-state index >= 15 is 0 Å². The summed E-state index contributed by atoms with van der Waals surface area (Å²) in [7, 11) is -0.379. The molecule has 1 aromatic heterocycles. The molecule has 2 heterocycles. The molecule has 4 heteroatoms. The summed E-state index contributed by atoms with van der Waals surface area (Å²) in [6.45, 7) is 13.0. The summed E-state index contributed by atoms with van der Waals surface area (Å²) in [5.74, 6) is 0. The van der Waals surface area contributed by atoms with Crippen LogP contribution in [0.15, 0.2) is 84.9 Å². The smallest absolute Gasteiger partial charge is 0.399 e. The molecule has 2 aliphatic rings. The fourth-order valence-electron chi connectivity index (χ4n) is 6.28. The molecule has 0 bridgehead atoms. The number of aromatic nitrogens is 1.